The number of likely N-dealkylation sites (tertiary alicyclic amines) is 2. The van der Waals surface area contributed by atoms with E-state index in [0.717, 1.165) is 57.5 Å². The van der Waals surface area contributed by atoms with Gasteiger partial charge < -0.3 is 4.90 Å². The second kappa shape index (κ2) is 8.71. The monoisotopic (exact) mass is 418 g/mol. The lowest BCUT2D eigenvalue weighted by atomic mass is 9.91. The van der Waals surface area contributed by atoms with Gasteiger partial charge in [0.1, 0.15) is 0 Å². The summed E-state index contributed by atoms with van der Waals surface area (Å²) in [4.78, 5) is 25.4. The van der Waals surface area contributed by atoms with Crippen molar-refractivity contribution in [2.75, 3.05) is 32.7 Å². The van der Waals surface area contributed by atoms with E-state index in [4.69, 9.17) is 0 Å². The number of piperidine rings is 1. The number of benzene rings is 1. The number of carbonyl (C=O) groups excluding carboxylic acids is 1. The number of hydrogen-bond acceptors (Lipinski definition) is 4. The minimum absolute atomic E-state index is 0.0309. The molecule has 2 aromatic rings. The maximum Gasteiger partial charge on any atom is 0.416 e. The molecule has 1 aromatic carbocycles. The summed E-state index contributed by atoms with van der Waals surface area (Å²) >= 11 is 0. The largest absolute Gasteiger partial charge is 0.416 e. The van der Waals surface area contributed by atoms with Gasteiger partial charge in [-0.05, 0) is 44.4 Å². The molecule has 30 heavy (non-hydrogen) atoms. The number of alkyl halides is 3. The molecule has 1 unspecified atom stereocenters. The Morgan fingerprint density at radius 2 is 1.83 bits per heavy atom. The van der Waals surface area contributed by atoms with E-state index in [9.17, 15) is 18.0 Å². The van der Waals surface area contributed by atoms with Gasteiger partial charge in [-0.25, -0.2) is 0 Å². The number of aromatic nitrogens is 2. The Balaban J connectivity index is 1.54. The Morgan fingerprint density at radius 3 is 2.60 bits per heavy atom. The summed E-state index contributed by atoms with van der Waals surface area (Å²) in [5, 5.41) is 0. The molecule has 2 aliphatic rings. The molecule has 0 saturated carbocycles. The van der Waals surface area contributed by atoms with E-state index in [1.165, 1.54) is 12.3 Å². The third-order valence-electron chi connectivity index (χ3n) is 5.90. The molecule has 1 atom stereocenters. The summed E-state index contributed by atoms with van der Waals surface area (Å²) in [6, 6.07) is 5.23. The van der Waals surface area contributed by atoms with Crippen LogP contribution in [0.3, 0.4) is 0 Å². The lowest BCUT2D eigenvalue weighted by Crippen LogP contribution is -2.43. The van der Waals surface area contributed by atoms with Crippen molar-refractivity contribution in [2.45, 2.75) is 37.8 Å². The normalized spacial score (nSPS) is 20.5. The standard InChI is InChI=1S/C22H25F3N4O/c23-22(24,25)18-7-3-5-16(13-18)20-21(27-9-8-26-20)17-6-4-10-28(14-17)15-19(30)29-11-1-2-12-29/h3,5,7-9,13,17H,1-2,4,6,10-12,14-15H2. The highest BCUT2D eigenvalue weighted by molar-refractivity contribution is 5.78. The van der Waals surface area contributed by atoms with Gasteiger partial charge in [0, 0.05) is 43.5 Å². The molecule has 3 heterocycles. The Labute approximate surface area is 173 Å². The molecule has 5 nitrogen and oxygen atoms in total. The molecule has 0 N–H and O–H groups in total. The molecule has 0 spiro atoms. The number of nitrogens with zero attached hydrogens (tertiary/aromatic N) is 4. The second-order valence-corrected chi connectivity index (χ2v) is 8.03. The first kappa shape index (κ1) is 20.8. The highest BCUT2D eigenvalue weighted by atomic mass is 19.4. The summed E-state index contributed by atoms with van der Waals surface area (Å²) in [5.41, 5.74) is 0.910. The van der Waals surface area contributed by atoms with Crippen LogP contribution in [0.25, 0.3) is 11.3 Å². The van der Waals surface area contributed by atoms with Crippen LogP contribution < -0.4 is 0 Å². The van der Waals surface area contributed by atoms with Crippen LogP contribution in [-0.2, 0) is 11.0 Å². The predicted octanol–water partition coefficient (Wildman–Crippen LogP) is 3.96. The van der Waals surface area contributed by atoms with Crippen molar-refractivity contribution in [1.29, 1.82) is 0 Å². The van der Waals surface area contributed by atoms with Crippen molar-refractivity contribution in [3.8, 4) is 11.3 Å². The van der Waals surface area contributed by atoms with Crippen LogP contribution in [0.2, 0.25) is 0 Å². The fraction of sp³-hybridized carbons (Fsp3) is 0.500. The Bertz CT molecular complexity index is 896. The zero-order valence-electron chi connectivity index (χ0n) is 16.7. The maximum absolute atomic E-state index is 13.2. The smallest absolute Gasteiger partial charge is 0.342 e. The Hall–Kier alpha value is -2.48. The van der Waals surface area contributed by atoms with Gasteiger partial charge in [-0.1, -0.05) is 12.1 Å². The Morgan fingerprint density at radius 1 is 1.07 bits per heavy atom. The van der Waals surface area contributed by atoms with Crippen LogP contribution in [0.15, 0.2) is 36.7 Å². The summed E-state index contributed by atoms with van der Waals surface area (Å²) in [6.07, 6.45) is 2.60. The zero-order chi connectivity index (χ0) is 21.1. The molecule has 0 radical (unpaired) electrons. The van der Waals surface area contributed by atoms with Crippen LogP contribution in [0.5, 0.6) is 0 Å². The van der Waals surface area contributed by atoms with Crippen molar-refractivity contribution < 1.29 is 18.0 Å². The van der Waals surface area contributed by atoms with E-state index in [0.29, 0.717) is 30.0 Å². The highest BCUT2D eigenvalue weighted by Crippen LogP contribution is 2.35. The van der Waals surface area contributed by atoms with Gasteiger partial charge in [-0.2, -0.15) is 13.2 Å². The molecule has 160 valence electrons. The van der Waals surface area contributed by atoms with E-state index >= 15 is 0 Å². The molecule has 1 aromatic heterocycles. The summed E-state index contributed by atoms with van der Waals surface area (Å²) < 4.78 is 39.5. The number of carbonyl (C=O) groups is 1. The van der Waals surface area contributed by atoms with Crippen molar-refractivity contribution in [2.24, 2.45) is 0 Å². The first-order chi connectivity index (χ1) is 14.4. The van der Waals surface area contributed by atoms with Gasteiger partial charge >= 0.3 is 6.18 Å². The maximum atomic E-state index is 13.2. The zero-order valence-corrected chi connectivity index (χ0v) is 16.7. The second-order valence-electron chi connectivity index (χ2n) is 8.03. The van der Waals surface area contributed by atoms with Gasteiger partial charge in [0.2, 0.25) is 5.91 Å². The number of hydrogen-bond donors (Lipinski definition) is 0. The topological polar surface area (TPSA) is 49.3 Å². The molecule has 1 amide bonds. The lowest BCUT2D eigenvalue weighted by molar-refractivity contribution is -0.137. The minimum Gasteiger partial charge on any atom is -0.342 e. The van der Waals surface area contributed by atoms with E-state index < -0.39 is 11.7 Å². The van der Waals surface area contributed by atoms with Gasteiger partial charge in [0.05, 0.1) is 23.5 Å². The molecule has 0 aliphatic carbocycles. The summed E-state index contributed by atoms with van der Waals surface area (Å²) in [6.45, 7) is 3.55. The van der Waals surface area contributed by atoms with Gasteiger partial charge in [-0.3, -0.25) is 19.7 Å². The van der Waals surface area contributed by atoms with Crippen LogP contribution in [0.1, 0.15) is 42.9 Å². The van der Waals surface area contributed by atoms with Gasteiger partial charge in [0.25, 0.3) is 0 Å². The molecule has 4 rings (SSSR count). The summed E-state index contributed by atoms with van der Waals surface area (Å²) in [5.74, 6) is 0.189. The van der Waals surface area contributed by atoms with E-state index in [1.54, 1.807) is 12.3 Å². The van der Waals surface area contributed by atoms with Crippen molar-refractivity contribution in [1.82, 2.24) is 19.8 Å². The molecule has 2 aliphatic heterocycles. The van der Waals surface area contributed by atoms with E-state index in [-0.39, 0.29) is 11.8 Å². The van der Waals surface area contributed by atoms with Crippen molar-refractivity contribution in [3.05, 3.63) is 47.9 Å². The fourth-order valence-corrected chi connectivity index (χ4v) is 4.39. The number of rotatable bonds is 4. The predicted molar refractivity (Wildman–Crippen MR) is 107 cm³/mol. The highest BCUT2D eigenvalue weighted by Gasteiger charge is 2.32. The molecular weight excluding hydrogens is 393 g/mol. The van der Waals surface area contributed by atoms with Crippen molar-refractivity contribution >= 4 is 5.91 Å². The molecule has 2 fully saturated rings. The number of halogens is 3. The third kappa shape index (κ3) is 4.64. The van der Waals surface area contributed by atoms with E-state index in [1.807, 2.05) is 4.90 Å². The SMILES string of the molecule is O=C(CN1CCCC(c2nccnc2-c2cccc(C(F)(F)F)c2)C1)N1CCCC1. The average molecular weight is 418 g/mol. The van der Waals surface area contributed by atoms with Crippen molar-refractivity contribution in [3.63, 3.8) is 0 Å². The molecule has 0 bridgehead atoms. The minimum atomic E-state index is -4.41. The van der Waals surface area contributed by atoms with Crippen LogP contribution in [0, 0.1) is 0 Å². The fourth-order valence-electron chi connectivity index (χ4n) is 4.39. The van der Waals surface area contributed by atoms with E-state index in [2.05, 4.69) is 14.9 Å². The first-order valence-corrected chi connectivity index (χ1v) is 10.4. The molecule has 8 heteroatoms. The Kier molecular flexibility index (Phi) is 6.04. The van der Waals surface area contributed by atoms with Gasteiger partial charge in [0.15, 0.2) is 0 Å². The molecule has 2 saturated heterocycles. The lowest BCUT2D eigenvalue weighted by Gasteiger charge is -2.33. The molecular formula is C22H25F3N4O. The first-order valence-electron chi connectivity index (χ1n) is 10.4. The quantitative estimate of drug-likeness (QED) is 0.754. The third-order valence-corrected chi connectivity index (χ3v) is 5.90. The van der Waals surface area contributed by atoms with Crippen LogP contribution in [-0.4, -0.2) is 58.4 Å². The number of amides is 1. The van der Waals surface area contributed by atoms with Crippen LogP contribution in [0.4, 0.5) is 13.2 Å². The average Bonchev–Trinajstić information content (AvgIpc) is 3.29. The summed E-state index contributed by atoms with van der Waals surface area (Å²) in [7, 11) is 0. The van der Waals surface area contributed by atoms with Gasteiger partial charge in [-0.15, -0.1) is 0 Å². The van der Waals surface area contributed by atoms with Crippen LogP contribution >= 0.6 is 0 Å².